The molecule has 2 aliphatic rings. The van der Waals surface area contributed by atoms with E-state index < -0.39 is 0 Å². The van der Waals surface area contributed by atoms with Crippen LogP contribution in [0, 0.1) is 5.82 Å². The quantitative estimate of drug-likeness (QED) is 0.850. The molecule has 1 amide bonds. The summed E-state index contributed by atoms with van der Waals surface area (Å²) in [6.45, 7) is 2.59. The van der Waals surface area contributed by atoms with E-state index >= 15 is 0 Å². The van der Waals surface area contributed by atoms with Gasteiger partial charge in [-0.05, 0) is 50.4 Å². The highest BCUT2D eigenvalue weighted by atomic mass is 35.5. The van der Waals surface area contributed by atoms with E-state index in [1.54, 1.807) is 12.1 Å². The monoisotopic (exact) mass is 377 g/mol. The summed E-state index contributed by atoms with van der Waals surface area (Å²) < 4.78 is 13.4. The van der Waals surface area contributed by atoms with E-state index in [0.29, 0.717) is 0 Å². The van der Waals surface area contributed by atoms with Crippen molar-refractivity contribution in [1.29, 1.82) is 0 Å². The van der Waals surface area contributed by atoms with Crippen LogP contribution >= 0.6 is 24.8 Å². The molecule has 24 heavy (non-hydrogen) atoms. The third-order valence-electron chi connectivity index (χ3n) is 4.57. The van der Waals surface area contributed by atoms with E-state index in [1.807, 2.05) is 6.07 Å². The van der Waals surface area contributed by atoms with E-state index in [-0.39, 0.29) is 48.6 Å². The Morgan fingerprint density at radius 3 is 2.75 bits per heavy atom. The second-order valence-corrected chi connectivity index (χ2v) is 6.28. The Hall–Kier alpha value is -1.04. The number of hydrogen-bond acceptors (Lipinski definition) is 3. The molecule has 0 saturated carbocycles. The van der Waals surface area contributed by atoms with Gasteiger partial charge in [-0.3, -0.25) is 4.79 Å². The van der Waals surface area contributed by atoms with E-state index in [1.165, 1.54) is 6.07 Å². The fourth-order valence-electron chi connectivity index (χ4n) is 3.38. The number of nitrogens with zero attached hydrogens (tertiary/aromatic N) is 1. The summed E-state index contributed by atoms with van der Waals surface area (Å²) in [4.78, 5) is 14.5. The summed E-state index contributed by atoms with van der Waals surface area (Å²) in [5, 5.41) is 6.45. The van der Waals surface area contributed by atoms with Gasteiger partial charge in [0.05, 0.1) is 6.04 Å². The fourth-order valence-corrected chi connectivity index (χ4v) is 3.38. The molecule has 0 spiro atoms. The molecule has 0 aliphatic carbocycles. The minimum absolute atomic E-state index is 0. The second-order valence-electron chi connectivity index (χ2n) is 6.28. The van der Waals surface area contributed by atoms with Gasteiger partial charge in [0.15, 0.2) is 0 Å². The first-order valence-electron chi connectivity index (χ1n) is 8.26. The zero-order chi connectivity index (χ0) is 15.4. The van der Waals surface area contributed by atoms with Gasteiger partial charge in [-0.1, -0.05) is 12.5 Å². The maximum Gasteiger partial charge on any atom is 0.237 e. The van der Waals surface area contributed by atoms with Crippen LogP contribution in [-0.2, 0) is 4.79 Å². The molecule has 0 bridgehead atoms. The topological polar surface area (TPSA) is 44.4 Å². The number of carbonyl (C=O) groups excluding carboxylic acids is 1. The molecule has 2 heterocycles. The molecule has 0 aromatic heterocycles. The zero-order valence-electron chi connectivity index (χ0n) is 13.7. The highest BCUT2D eigenvalue weighted by Gasteiger charge is 2.26. The molecule has 0 radical (unpaired) electrons. The number of piperidine rings is 2. The van der Waals surface area contributed by atoms with Crippen LogP contribution in [0.15, 0.2) is 24.3 Å². The van der Waals surface area contributed by atoms with Gasteiger partial charge in [0.25, 0.3) is 0 Å². The lowest BCUT2D eigenvalue weighted by Gasteiger charge is -2.35. The number of hydrogen-bond donors (Lipinski definition) is 2. The van der Waals surface area contributed by atoms with E-state index in [2.05, 4.69) is 15.5 Å². The molecule has 2 saturated heterocycles. The molecule has 7 heteroatoms. The van der Waals surface area contributed by atoms with Gasteiger partial charge in [-0.15, -0.1) is 24.8 Å². The minimum atomic E-state index is -0.213. The highest BCUT2D eigenvalue weighted by molar-refractivity contribution is 5.85. The van der Waals surface area contributed by atoms with Crippen molar-refractivity contribution in [1.82, 2.24) is 10.6 Å². The largest absolute Gasteiger partial charge is 0.369 e. The molecule has 2 aliphatic heterocycles. The lowest BCUT2D eigenvalue weighted by Crippen LogP contribution is -2.54. The van der Waals surface area contributed by atoms with Gasteiger partial charge >= 0.3 is 0 Å². The molecular weight excluding hydrogens is 352 g/mol. The highest BCUT2D eigenvalue weighted by Crippen LogP contribution is 2.21. The van der Waals surface area contributed by atoms with Crippen LogP contribution in [0.3, 0.4) is 0 Å². The van der Waals surface area contributed by atoms with Crippen LogP contribution in [-0.4, -0.2) is 37.6 Å². The third-order valence-corrected chi connectivity index (χ3v) is 4.57. The number of nitrogens with one attached hydrogen (secondary N) is 2. The Balaban J connectivity index is 0.00000144. The minimum Gasteiger partial charge on any atom is -0.369 e. The number of benzene rings is 1. The Morgan fingerprint density at radius 1 is 1.21 bits per heavy atom. The zero-order valence-corrected chi connectivity index (χ0v) is 15.3. The molecule has 1 unspecified atom stereocenters. The first-order chi connectivity index (χ1) is 10.7. The van der Waals surface area contributed by atoms with Crippen LogP contribution in [0.25, 0.3) is 0 Å². The standard InChI is InChI=1S/C17H24FN3O.2ClH/c18-13-5-3-7-15(11-13)21-10-4-6-14(12-21)20-17(22)16-8-1-2-9-19-16;;/h3,5,7,11,14,16,19H,1-2,4,6,8-10,12H2,(H,20,22);2*1H/t14?,16-;;/m1../s1. The van der Waals surface area contributed by atoms with Crippen molar-refractivity contribution < 1.29 is 9.18 Å². The van der Waals surface area contributed by atoms with E-state index in [4.69, 9.17) is 0 Å². The molecule has 2 N–H and O–H groups in total. The molecule has 2 atom stereocenters. The van der Waals surface area contributed by atoms with Gasteiger partial charge in [0.2, 0.25) is 5.91 Å². The summed E-state index contributed by atoms with van der Waals surface area (Å²) in [7, 11) is 0. The molecule has 4 nitrogen and oxygen atoms in total. The average Bonchev–Trinajstić information content (AvgIpc) is 2.56. The fraction of sp³-hybridized carbons (Fsp3) is 0.588. The number of carbonyl (C=O) groups is 1. The van der Waals surface area contributed by atoms with Crippen LogP contribution in [0.1, 0.15) is 32.1 Å². The van der Waals surface area contributed by atoms with Crippen LogP contribution in [0.4, 0.5) is 10.1 Å². The van der Waals surface area contributed by atoms with Gasteiger partial charge < -0.3 is 15.5 Å². The summed E-state index contributed by atoms with van der Waals surface area (Å²) in [6, 6.07) is 6.79. The lowest BCUT2D eigenvalue weighted by molar-refractivity contribution is -0.124. The molecule has 1 aromatic carbocycles. The molecule has 3 rings (SSSR count). The maximum atomic E-state index is 13.4. The first kappa shape index (κ1) is 21.0. The predicted molar refractivity (Wildman–Crippen MR) is 99.9 cm³/mol. The SMILES string of the molecule is Cl.Cl.O=C(NC1CCCN(c2cccc(F)c2)C1)[C@H]1CCCCN1. The smallest absolute Gasteiger partial charge is 0.237 e. The molecule has 1 aromatic rings. The normalized spacial score (nSPS) is 23.6. The van der Waals surface area contributed by atoms with Crippen molar-refractivity contribution in [3.05, 3.63) is 30.1 Å². The van der Waals surface area contributed by atoms with Gasteiger partial charge in [0, 0.05) is 24.8 Å². The third kappa shape index (κ3) is 5.50. The van der Waals surface area contributed by atoms with Crippen molar-refractivity contribution in [2.45, 2.75) is 44.2 Å². The first-order valence-corrected chi connectivity index (χ1v) is 8.26. The van der Waals surface area contributed by atoms with Crippen LogP contribution in [0.5, 0.6) is 0 Å². The summed E-state index contributed by atoms with van der Waals surface area (Å²) >= 11 is 0. The maximum absolute atomic E-state index is 13.4. The molecular formula is C17H26Cl2FN3O. The Morgan fingerprint density at radius 2 is 2.04 bits per heavy atom. The van der Waals surface area contributed by atoms with Crippen LogP contribution in [0.2, 0.25) is 0 Å². The number of halogens is 3. The Bertz CT molecular complexity index is 526. The van der Waals surface area contributed by atoms with Crippen molar-refractivity contribution in [2.24, 2.45) is 0 Å². The van der Waals surface area contributed by atoms with Gasteiger partial charge in [-0.2, -0.15) is 0 Å². The summed E-state index contributed by atoms with van der Waals surface area (Å²) in [6.07, 6.45) is 5.20. The van der Waals surface area contributed by atoms with Crippen LogP contribution < -0.4 is 15.5 Å². The number of amides is 1. The predicted octanol–water partition coefficient (Wildman–Crippen LogP) is 2.90. The summed E-state index contributed by atoms with van der Waals surface area (Å²) in [5.74, 6) is -0.0964. The van der Waals surface area contributed by atoms with Crippen molar-refractivity contribution in [2.75, 3.05) is 24.5 Å². The molecule has 2 fully saturated rings. The van der Waals surface area contributed by atoms with E-state index in [9.17, 15) is 9.18 Å². The van der Waals surface area contributed by atoms with Crippen molar-refractivity contribution >= 4 is 36.4 Å². The lowest BCUT2D eigenvalue weighted by atomic mass is 10.0. The average molecular weight is 378 g/mol. The summed E-state index contributed by atoms with van der Waals surface area (Å²) in [5.41, 5.74) is 0.898. The van der Waals surface area contributed by atoms with Crippen molar-refractivity contribution in [3.63, 3.8) is 0 Å². The molecule has 136 valence electrons. The van der Waals surface area contributed by atoms with Gasteiger partial charge in [0.1, 0.15) is 5.82 Å². The number of anilines is 1. The van der Waals surface area contributed by atoms with Gasteiger partial charge in [-0.25, -0.2) is 4.39 Å². The van der Waals surface area contributed by atoms with E-state index in [0.717, 1.165) is 57.4 Å². The number of rotatable bonds is 3. The Kier molecular flexibility index (Phi) is 8.81. The van der Waals surface area contributed by atoms with Crippen molar-refractivity contribution in [3.8, 4) is 0 Å². The second kappa shape index (κ2) is 10.1. The Labute approximate surface area is 155 Å².